The van der Waals surface area contributed by atoms with Gasteiger partial charge in [-0.05, 0) is 48.9 Å². The minimum Gasteiger partial charge on any atom is -0.298 e. The second-order valence-electron chi connectivity index (χ2n) is 3.54. The van der Waals surface area contributed by atoms with Crippen LogP contribution in [0, 0.1) is 6.92 Å². The molecule has 1 unspecified atom stereocenters. The first-order valence-electron chi connectivity index (χ1n) is 4.71. The van der Waals surface area contributed by atoms with Crippen LogP contribution < -0.4 is 0 Å². The third-order valence-corrected chi connectivity index (χ3v) is 3.38. The largest absolute Gasteiger partial charge is 0.446 e. The van der Waals surface area contributed by atoms with Crippen molar-refractivity contribution in [2.24, 2.45) is 0 Å². The Hall–Kier alpha value is -0.680. The van der Waals surface area contributed by atoms with Gasteiger partial charge in [-0.25, -0.2) is 0 Å². The molecule has 0 aliphatic rings. The first-order valence-corrected chi connectivity index (χ1v) is 5.97. The van der Waals surface area contributed by atoms with Crippen LogP contribution in [0.15, 0.2) is 23.1 Å². The molecule has 0 saturated carbocycles. The van der Waals surface area contributed by atoms with Crippen molar-refractivity contribution in [1.29, 1.82) is 0 Å². The van der Waals surface area contributed by atoms with Gasteiger partial charge >= 0.3 is 5.51 Å². The van der Waals surface area contributed by atoms with E-state index in [0.717, 1.165) is 0 Å². The molecule has 0 N–H and O–H groups in total. The molecule has 0 aliphatic heterocycles. The molecule has 0 spiro atoms. The average Bonchev–Trinajstić information content (AvgIpc) is 2.17. The van der Waals surface area contributed by atoms with Gasteiger partial charge in [0.25, 0.3) is 0 Å². The zero-order valence-electron chi connectivity index (χ0n) is 9.14. The van der Waals surface area contributed by atoms with E-state index < -0.39 is 10.9 Å². The highest BCUT2D eigenvalue weighted by Gasteiger charge is 2.29. The summed E-state index contributed by atoms with van der Waals surface area (Å²) in [6, 6.07) is 4.20. The fourth-order valence-corrected chi connectivity index (χ4v) is 2.13. The van der Waals surface area contributed by atoms with Crippen LogP contribution in [0.2, 0.25) is 0 Å². The predicted octanol–water partition coefficient (Wildman–Crippen LogP) is 4.48. The standard InChI is InChI=1S/C11H10ClF3OS/c1-6-3-4-8(17-11(13,14)15)5-9(6)10(12)7(2)16/h3-5,10H,1-2H3. The summed E-state index contributed by atoms with van der Waals surface area (Å²) in [7, 11) is 0. The molecule has 17 heavy (non-hydrogen) atoms. The number of thioether (sulfide) groups is 1. The van der Waals surface area contributed by atoms with E-state index in [9.17, 15) is 18.0 Å². The molecule has 0 amide bonds. The monoisotopic (exact) mass is 282 g/mol. The van der Waals surface area contributed by atoms with Gasteiger partial charge in [-0.3, -0.25) is 4.79 Å². The molecule has 94 valence electrons. The summed E-state index contributed by atoms with van der Waals surface area (Å²) in [4.78, 5) is 11.2. The van der Waals surface area contributed by atoms with Crippen LogP contribution in [0.5, 0.6) is 0 Å². The molecule has 0 aliphatic carbocycles. The van der Waals surface area contributed by atoms with Crippen molar-refractivity contribution in [1.82, 2.24) is 0 Å². The third kappa shape index (κ3) is 4.24. The Labute approximate surface area is 106 Å². The quantitative estimate of drug-likeness (QED) is 0.601. The fraction of sp³-hybridized carbons (Fsp3) is 0.364. The van der Waals surface area contributed by atoms with Gasteiger partial charge in [-0.2, -0.15) is 13.2 Å². The molecular weight excluding hydrogens is 273 g/mol. The van der Waals surface area contributed by atoms with Crippen LogP contribution in [-0.4, -0.2) is 11.3 Å². The van der Waals surface area contributed by atoms with E-state index >= 15 is 0 Å². The summed E-state index contributed by atoms with van der Waals surface area (Å²) < 4.78 is 36.6. The number of benzene rings is 1. The van der Waals surface area contributed by atoms with E-state index in [4.69, 9.17) is 11.6 Å². The second-order valence-corrected chi connectivity index (χ2v) is 5.11. The number of rotatable bonds is 3. The van der Waals surface area contributed by atoms with E-state index in [1.165, 1.54) is 25.1 Å². The zero-order chi connectivity index (χ0) is 13.2. The number of carbonyl (C=O) groups excluding carboxylic acids is 1. The van der Waals surface area contributed by atoms with Crippen LogP contribution >= 0.6 is 23.4 Å². The zero-order valence-corrected chi connectivity index (χ0v) is 10.7. The SMILES string of the molecule is CC(=O)C(Cl)c1cc(SC(F)(F)F)ccc1C. The summed E-state index contributed by atoms with van der Waals surface area (Å²) >= 11 is 5.63. The number of ketones is 1. The minimum atomic E-state index is -4.34. The van der Waals surface area contributed by atoms with Crippen LogP contribution in [0.3, 0.4) is 0 Å². The second kappa shape index (κ2) is 5.31. The molecule has 0 bridgehead atoms. The molecule has 0 saturated heterocycles. The minimum absolute atomic E-state index is 0.0324. The smallest absolute Gasteiger partial charge is 0.298 e. The number of hydrogen-bond donors (Lipinski definition) is 0. The normalized spacial score (nSPS) is 13.5. The maximum absolute atomic E-state index is 12.2. The van der Waals surface area contributed by atoms with Gasteiger partial charge in [0.15, 0.2) is 5.78 Å². The van der Waals surface area contributed by atoms with Crippen LogP contribution in [-0.2, 0) is 4.79 Å². The first kappa shape index (κ1) is 14.4. The molecule has 0 radical (unpaired) electrons. The molecular formula is C11H10ClF3OS. The van der Waals surface area contributed by atoms with Crippen molar-refractivity contribution in [2.75, 3.05) is 0 Å². The molecule has 1 nitrogen and oxygen atoms in total. The molecule has 0 aromatic heterocycles. The lowest BCUT2D eigenvalue weighted by molar-refractivity contribution is -0.116. The van der Waals surface area contributed by atoms with Gasteiger partial charge in [-0.15, -0.1) is 11.6 Å². The van der Waals surface area contributed by atoms with Crippen LogP contribution in [0.4, 0.5) is 13.2 Å². The van der Waals surface area contributed by atoms with Gasteiger partial charge < -0.3 is 0 Å². The number of Topliss-reactive ketones (excluding diaryl/α,β-unsaturated/α-hetero) is 1. The average molecular weight is 283 g/mol. The lowest BCUT2D eigenvalue weighted by atomic mass is 10.0. The van der Waals surface area contributed by atoms with Gasteiger partial charge in [0.05, 0.1) is 0 Å². The third-order valence-electron chi connectivity index (χ3n) is 2.11. The van der Waals surface area contributed by atoms with Crippen molar-refractivity contribution in [3.05, 3.63) is 29.3 Å². The number of hydrogen-bond acceptors (Lipinski definition) is 2. The van der Waals surface area contributed by atoms with Crippen molar-refractivity contribution in [3.63, 3.8) is 0 Å². The molecule has 1 aromatic rings. The summed E-state index contributed by atoms with van der Waals surface area (Å²) in [6.07, 6.45) is 0. The number of carbonyl (C=O) groups is 1. The molecule has 1 aromatic carbocycles. The Morgan fingerprint density at radius 1 is 1.41 bits per heavy atom. The number of halogens is 4. The molecule has 1 rings (SSSR count). The lowest BCUT2D eigenvalue weighted by Gasteiger charge is -2.12. The molecule has 6 heteroatoms. The van der Waals surface area contributed by atoms with Crippen molar-refractivity contribution in [3.8, 4) is 0 Å². The predicted molar refractivity (Wildman–Crippen MR) is 62.4 cm³/mol. The highest BCUT2D eigenvalue weighted by atomic mass is 35.5. The van der Waals surface area contributed by atoms with Gasteiger partial charge in [-0.1, -0.05) is 6.07 Å². The van der Waals surface area contributed by atoms with E-state index in [1.54, 1.807) is 6.92 Å². The fourth-order valence-electron chi connectivity index (χ4n) is 1.31. The lowest BCUT2D eigenvalue weighted by Crippen LogP contribution is -2.05. The maximum atomic E-state index is 12.2. The highest BCUT2D eigenvalue weighted by Crippen LogP contribution is 2.38. The summed E-state index contributed by atoms with van der Waals surface area (Å²) in [5, 5.41) is -0.899. The summed E-state index contributed by atoms with van der Waals surface area (Å²) in [6.45, 7) is 3.01. The van der Waals surface area contributed by atoms with Crippen molar-refractivity contribution >= 4 is 29.1 Å². The van der Waals surface area contributed by atoms with E-state index in [0.29, 0.717) is 11.1 Å². The topological polar surface area (TPSA) is 17.1 Å². The van der Waals surface area contributed by atoms with Crippen LogP contribution in [0.1, 0.15) is 23.4 Å². The Kier molecular flexibility index (Phi) is 4.49. The van der Waals surface area contributed by atoms with Crippen molar-refractivity contribution in [2.45, 2.75) is 29.6 Å². The Morgan fingerprint density at radius 3 is 2.47 bits per heavy atom. The Bertz CT molecular complexity index is 431. The summed E-state index contributed by atoms with van der Waals surface area (Å²) in [5.74, 6) is -0.288. The van der Waals surface area contributed by atoms with Gasteiger partial charge in [0.1, 0.15) is 5.38 Å². The highest BCUT2D eigenvalue weighted by molar-refractivity contribution is 8.00. The molecule has 0 fully saturated rings. The van der Waals surface area contributed by atoms with E-state index in [1.807, 2.05) is 0 Å². The van der Waals surface area contributed by atoms with Gasteiger partial charge in [0, 0.05) is 4.90 Å². The van der Waals surface area contributed by atoms with E-state index in [2.05, 4.69) is 0 Å². The first-order chi connectivity index (χ1) is 7.70. The Balaban J connectivity index is 3.06. The molecule has 1 atom stereocenters. The maximum Gasteiger partial charge on any atom is 0.446 e. The van der Waals surface area contributed by atoms with E-state index in [-0.39, 0.29) is 22.4 Å². The van der Waals surface area contributed by atoms with Crippen molar-refractivity contribution < 1.29 is 18.0 Å². The number of alkyl halides is 4. The Morgan fingerprint density at radius 2 is 2.00 bits per heavy atom. The summed E-state index contributed by atoms with van der Waals surface area (Å²) in [5.41, 5.74) is -3.22. The van der Waals surface area contributed by atoms with Gasteiger partial charge in [0.2, 0.25) is 0 Å². The number of aryl methyl sites for hydroxylation is 1. The molecule has 0 heterocycles. The van der Waals surface area contributed by atoms with Crippen LogP contribution in [0.25, 0.3) is 0 Å².